The SMILES string of the molecule is Br.CC1(C)CN(C(=O)Cn2c(=N)n(Cc3ccccc3)c3ccccc32)CC(C)(C)C1O. The zero-order valence-electron chi connectivity index (χ0n) is 19.2. The second kappa shape index (κ2) is 8.87. The molecule has 0 bridgehead atoms. The molecule has 3 aromatic rings. The quantitative estimate of drug-likeness (QED) is 0.571. The monoisotopic (exact) mass is 500 g/mol. The third-order valence-electron chi connectivity index (χ3n) is 6.48. The van der Waals surface area contributed by atoms with Crippen molar-refractivity contribution < 1.29 is 9.90 Å². The number of imidazole rings is 1. The minimum atomic E-state index is -0.476. The first-order valence-corrected chi connectivity index (χ1v) is 10.8. The molecule has 32 heavy (non-hydrogen) atoms. The number of nitrogens with one attached hydrogen (secondary N) is 1. The van der Waals surface area contributed by atoms with E-state index >= 15 is 0 Å². The van der Waals surface area contributed by atoms with E-state index in [1.165, 1.54) is 0 Å². The van der Waals surface area contributed by atoms with Crippen molar-refractivity contribution in [2.45, 2.75) is 46.9 Å². The number of carbonyl (C=O) groups is 1. The Bertz CT molecular complexity index is 1150. The van der Waals surface area contributed by atoms with Crippen molar-refractivity contribution in [1.82, 2.24) is 14.0 Å². The summed E-state index contributed by atoms with van der Waals surface area (Å²) in [5.74, 6) is -0.0193. The van der Waals surface area contributed by atoms with Gasteiger partial charge in [-0.1, -0.05) is 70.2 Å². The molecule has 0 radical (unpaired) electrons. The van der Waals surface area contributed by atoms with Crippen molar-refractivity contribution in [1.29, 1.82) is 5.41 Å². The summed E-state index contributed by atoms with van der Waals surface area (Å²) in [7, 11) is 0. The summed E-state index contributed by atoms with van der Waals surface area (Å²) in [6.07, 6.45) is -0.476. The first-order valence-electron chi connectivity index (χ1n) is 10.8. The van der Waals surface area contributed by atoms with Crippen LogP contribution in [0, 0.1) is 16.2 Å². The van der Waals surface area contributed by atoms with Gasteiger partial charge in [0.1, 0.15) is 6.54 Å². The van der Waals surface area contributed by atoms with E-state index in [9.17, 15) is 9.90 Å². The van der Waals surface area contributed by atoms with Crippen molar-refractivity contribution >= 4 is 33.9 Å². The first kappa shape index (κ1) is 24.3. The van der Waals surface area contributed by atoms with E-state index in [0.29, 0.717) is 25.3 Å². The van der Waals surface area contributed by atoms with Crippen LogP contribution in [0.25, 0.3) is 11.0 Å². The van der Waals surface area contributed by atoms with Crippen LogP contribution in [0.1, 0.15) is 33.3 Å². The number of carbonyl (C=O) groups excluding carboxylic acids is 1. The lowest BCUT2D eigenvalue weighted by molar-refractivity contribution is -0.151. The van der Waals surface area contributed by atoms with E-state index in [1.807, 2.05) is 91.8 Å². The molecule has 1 aromatic heterocycles. The predicted molar refractivity (Wildman–Crippen MR) is 132 cm³/mol. The van der Waals surface area contributed by atoms with Gasteiger partial charge in [-0.15, -0.1) is 17.0 Å². The topological polar surface area (TPSA) is 74.2 Å². The summed E-state index contributed by atoms with van der Waals surface area (Å²) in [6.45, 7) is 9.74. The second-order valence-electron chi connectivity index (χ2n) is 10.1. The average Bonchev–Trinajstić information content (AvgIpc) is 2.98. The molecule has 1 aliphatic rings. The standard InChI is InChI=1S/C25H32N4O2.BrH/c1-24(2)16-27(17-25(3,4)22(24)31)21(30)15-29-20-13-9-8-12-19(20)28(23(29)26)14-18-10-6-5-7-11-18;/h5-13,22,26,31H,14-17H2,1-4H3;1H. The number of amides is 1. The molecule has 7 heteroatoms. The molecule has 2 heterocycles. The number of fused-ring (bicyclic) bond motifs is 1. The van der Waals surface area contributed by atoms with Gasteiger partial charge in [0.05, 0.1) is 23.7 Å². The molecule has 0 unspecified atom stereocenters. The van der Waals surface area contributed by atoms with Crippen LogP contribution in [0.15, 0.2) is 54.6 Å². The molecule has 172 valence electrons. The number of aliphatic hydroxyl groups excluding tert-OH is 1. The van der Waals surface area contributed by atoms with Crippen LogP contribution in [-0.2, 0) is 17.9 Å². The zero-order valence-corrected chi connectivity index (χ0v) is 20.9. The fourth-order valence-corrected chi connectivity index (χ4v) is 5.06. The molecular weight excluding hydrogens is 468 g/mol. The second-order valence-corrected chi connectivity index (χ2v) is 10.1. The van der Waals surface area contributed by atoms with E-state index in [2.05, 4.69) is 0 Å². The van der Waals surface area contributed by atoms with Gasteiger partial charge in [0, 0.05) is 23.9 Å². The Labute approximate surface area is 199 Å². The smallest absolute Gasteiger partial charge is 0.242 e. The van der Waals surface area contributed by atoms with E-state index < -0.39 is 6.10 Å². The number of rotatable bonds is 4. The Morgan fingerprint density at radius 1 is 0.938 bits per heavy atom. The molecular formula is C25H33BrN4O2. The summed E-state index contributed by atoms with van der Waals surface area (Å²) in [5, 5.41) is 19.5. The highest BCUT2D eigenvalue weighted by Gasteiger charge is 2.47. The maximum absolute atomic E-state index is 13.3. The van der Waals surface area contributed by atoms with Crippen molar-refractivity contribution in [2.75, 3.05) is 13.1 Å². The zero-order chi connectivity index (χ0) is 22.4. The number of piperidine rings is 1. The van der Waals surface area contributed by atoms with Crippen LogP contribution in [-0.4, -0.2) is 44.2 Å². The van der Waals surface area contributed by atoms with Crippen molar-refractivity contribution in [3.63, 3.8) is 0 Å². The fourth-order valence-electron chi connectivity index (χ4n) is 5.06. The van der Waals surface area contributed by atoms with E-state index in [0.717, 1.165) is 16.6 Å². The maximum atomic E-state index is 13.3. The van der Waals surface area contributed by atoms with Gasteiger partial charge in [-0.05, 0) is 17.7 Å². The van der Waals surface area contributed by atoms with Crippen molar-refractivity contribution in [3.05, 3.63) is 65.8 Å². The number of aromatic nitrogens is 2. The number of hydrogen-bond donors (Lipinski definition) is 2. The number of benzene rings is 2. The Morgan fingerprint density at radius 3 is 2.00 bits per heavy atom. The Morgan fingerprint density at radius 2 is 1.44 bits per heavy atom. The van der Waals surface area contributed by atoms with Gasteiger partial charge in [0.25, 0.3) is 0 Å². The maximum Gasteiger partial charge on any atom is 0.242 e. The lowest BCUT2D eigenvalue weighted by Crippen LogP contribution is -2.60. The lowest BCUT2D eigenvalue weighted by atomic mass is 9.68. The lowest BCUT2D eigenvalue weighted by Gasteiger charge is -2.50. The van der Waals surface area contributed by atoms with Crippen LogP contribution < -0.4 is 5.62 Å². The van der Waals surface area contributed by atoms with Crippen molar-refractivity contribution in [2.24, 2.45) is 10.8 Å². The largest absolute Gasteiger partial charge is 0.392 e. The molecule has 4 rings (SSSR count). The third kappa shape index (κ3) is 4.41. The minimum Gasteiger partial charge on any atom is -0.392 e. The van der Waals surface area contributed by atoms with Gasteiger partial charge < -0.3 is 19.1 Å². The summed E-state index contributed by atoms with van der Waals surface area (Å²) in [4.78, 5) is 15.2. The molecule has 1 aliphatic heterocycles. The molecule has 1 saturated heterocycles. The highest BCUT2D eigenvalue weighted by atomic mass is 79.9. The number of likely N-dealkylation sites (tertiary alicyclic amines) is 1. The molecule has 0 aliphatic carbocycles. The molecule has 1 amide bonds. The van der Waals surface area contributed by atoms with Crippen LogP contribution in [0.3, 0.4) is 0 Å². The van der Waals surface area contributed by atoms with E-state index in [1.54, 1.807) is 4.57 Å². The van der Waals surface area contributed by atoms with Gasteiger partial charge >= 0.3 is 0 Å². The molecule has 2 aromatic carbocycles. The number of aliphatic hydroxyl groups is 1. The van der Waals surface area contributed by atoms with Gasteiger partial charge in [-0.25, -0.2) is 0 Å². The molecule has 6 nitrogen and oxygen atoms in total. The highest BCUT2D eigenvalue weighted by Crippen LogP contribution is 2.40. The third-order valence-corrected chi connectivity index (χ3v) is 6.48. The predicted octanol–water partition coefficient (Wildman–Crippen LogP) is 3.80. The Balaban J connectivity index is 0.00000289. The van der Waals surface area contributed by atoms with Crippen LogP contribution >= 0.6 is 17.0 Å². The summed E-state index contributed by atoms with van der Waals surface area (Å²) < 4.78 is 3.75. The average molecular weight is 501 g/mol. The van der Waals surface area contributed by atoms with Crippen LogP contribution in [0.4, 0.5) is 0 Å². The number of hydrogen-bond acceptors (Lipinski definition) is 3. The van der Waals surface area contributed by atoms with Gasteiger partial charge in [0.15, 0.2) is 0 Å². The molecule has 1 fully saturated rings. The molecule has 0 atom stereocenters. The van der Waals surface area contributed by atoms with Gasteiger partial charge in [-0.2, -0.15) is 0 Å². The van der Waals surface area contributed by atoms with Crippen LogP contribution in [0.5, 0.6) is 0 Å². The first-order chi connectivity index (χ1) is 14.6. The molecule has 0 spiro atoms. The number of para-hydroxylation sites is 2. The Kier molecular flexibility index (Phi) is 6.72. The van der Waals surface area contributed by atoms with E-state index in [4.69, 9.17) is 5.41 Å². The fraction of sp³-hybridized carbons (Fsp3) is 0.440. The van der Waals surface area contributed by atoms with Crippen molar-refractivity contribution in [3.8, 4) is 0 Å². The Hall–Kier alpha value is -2.38. The van der Waals surface area contributed by atoms with Gasteiger partial charge in [-0.3, -0.25) is 10.2 Å². The van der Waals surface area contributed by atoms with Crippen LogP contribution in [0.2, 0.25) is 0 Å². The molecule has 2 N–H and O–H groups in total. The normalized spacial score (nSPS) is 17.8. The summed E-state index contributed by atoms with van der Waals surface area (Å²) >= 11 is 0. The van der Waals surface area contributed by atoms with E-state index in [-0.39, 0.29) is 40.3 Å². The van der Waals surface area contributed by atoms with Gasteiger partial charge in [0.2, 0.25) is 11.5 Å². The highest BCUT2D eigenvalue weighted by molar-refractivity contribution is 8.93. The molecule has 0 saturated carbocycles. The number of halogens is 1. The minimum absolute atomic E-state index is 0. The summed E-state index contributed by atoms with van der Waals surface area (Å²) in [6, 6.07) is 17.9. The summed E-state index contributed by atoms with van der Waals surface area (Å²) in [5.41, 5.74) is 2.49. The number of nitrogens with zero attached hydrogens (tertiary/aromatic N) is 3.